The van der Waals surface area contributed by atoms with Crippen LogP contribution >= 0.6 is 0 Å². The number of aromatic amines is 2. The number of fused-ring (bicyclic) bond motifs is 1. The molecular formula is C5H4N4O2. The van der Waals surface area contributed by atoms with Crippen molar-refractivity contribution in [2.75, 3.05) is 0 Å². The van der Waals surface area contributed by atoms with Crippen molar-refractivity contribution in [2.45, 2.75) is 0 Å². The summed E-state index contributed by atoms with van der Waals surface area (Å²) < 4.78 is 0.999. The first-order valence-corrected chi connectivity index (χ1v) is 2.94. The van der Waals surface area contributed by atoms with Gasteiger partial charge >= 0.3 is 5.69 Å². The average molecular weight is 152 g/mol. The lowest BCUT2D eigenvalue weighted by Gasteiger charge is -1.87. The highest BCUT2D eigenvalue weighted by Crippen LogP contribution is 1.85. The Kier molecular flexibility index (Phi) is 0.974. The van der Waals surface area contributed by atoms with E-state index in [9.17, 15) is 9.59 Å². The van der Waals surface area contributed by atoms with Crippen LogP contribution in [0.2, 0.25) is 0 Å². The number of aromatic nitrogens is 4. The lowest BCUT2D eigenvalue weighted by molar-refractivity contribution is 0.795. The normalized spacial score (nSPS) is 10.5. The van der Waals surface area contributed by atoms with Gasteiger partial charge in [-0.25, -0.2) is 9.89 Å². The summed E-state index contributed by atoms with van der Waals surface area (Å²) in [6.45, 7) is 0. The molecular weight excluding hydrogens is 148 g/mol. The zero-order chi connectivity index (χ0) is 7.84. The molecule has 0 unspecified atom stereocenters. The third kappa shape index (κ3) is 0.689. The van der Waals surface area contributed by atoms with Crippen LogP contribution in [0.15, 0.2) is 21.9 Å². The van der Waals surface area contributed by atoms with Gasteiger partial charge in [0.15, 0.2) is 0 Å². The van der Waals surface area contributed by atoms with Crippen LogP contribution in [0, 0.1) is 0 Å². The third-order valence-corrected chi connectivity index (χ3v) is 1.35. The van der Waals surface area contributed by atoms with Crippen LogP contribution in [0.4, 0.5) is 0 Å². The highest BCUT2D eigenvalue weighted by molar-refractivity contribution is 5.40. The van der Waals surface area contributed by atoms with Gasteiger partial charge in [-0.1, -0.05) is 0 Å². The van der Waals surface area contributed by atoms with Crippen LogP contribution < -0.4 is 11.2 Å². The number of nitrogens with one attached hydrogen (secondary N) is 2. The Morgan fingerprint density at radius 1 is 1.36 bits per heavy atom. The van der Waals surface area contributed by atoms with Gasteiger partial charge in [0.05, 0.1) is 6.20 Å². The van der Waals surface area contributed by atoms with E-state index in [4.69, 9.17) is 0 Å². The highest BCUT2D eigenvalue weighted by Gasteiger charge is 1.99. The van der Waals surface area contributed by atoms with Crippen molar-refractivity contribution in [3.8, 4) is 0 Å². The molecule has 0 atom stereocenters. The van der Waals surface area contributed by atoms with Gasteiger partial charge in [-0.2, -0.15) is 9.61 Å². The van der Waals surface area contributed by atoms with E-state index in [0.29, 0.717) is 0 Å². The summed E-state index contributed by atoms with van der Waals surface area (Å²) in [6, 6.07) is 1.47. The Morgan fingerprint density at radius 3 is 2.91 bits per heavy atom. The number of H-pyrrole nitrogens is 2. The maximum atomic E-state index is 10.9. The van der Waals surface area contributed by atoms with E-state index in [1.165, 1.54) is 12.3 Å². The molecule has 0 spiro atoms. The molecule has 0 fully saturated rings. The molecule has 2 aromatic heterocycles. The first kappa shape index (κ1) is 5.90. The van der Waals surface area contributed by atoms with E-state index in [-0.39, 0.29) is 11.1 Å². The van der Waals surface area contributed by atoms with Crippen LogP contribution in [0.1, 0.15) is 0 Å². The molecule has 11 heavy (non-hydrogen) atoms. The first-order chi connectivity index (χ1) is 5.29. The van der Waals surface area contributed by atoms with E-state index in [1.54, 1.807) is 0 Å². The average Bonchev–Trinajstić information content (AvgIpc) is 2.45. The second-order valence-corrected chi connectivity index (χ2v) is 2.01. The number of hydrogen-bond acceptors (Lipinski definition) is 3. The Balaban J connectivity index is 3.21. The van der Waals surface area contributed by atoms with Gasteiger partial charge in [-0.05, 0) is 6.07 Å². The SMILES string of the molecule is O=c1[nH][nH]c(=O)n2nccc12. The summed E-state index contributed by atoms with van der Waals surface area (Å²) in [4.78, 5) is 21.8. The van der Waals surface area contributed by atoms with Crippen LogP contribution in [-0.4, -0.2) is 19.8 Å². The van der Waals surface area contributed by atoms with Crippen molar-refractivity contribution in [3.05, 3.63) is 33.1 Å². The molecule has 0 aliphatic rings. The smallest absolute Gasteiger partial charge is 0.266 e. The van der Waals surface area contributed by atoms with Gasteiger partial charge in [0.2, 0.25) is 0 Å². The predicted octanol–water partition coefficient (Wildman–Crippen LogP) is -1.29. The zero-order valence-electron chi connectivity index (χ0n) is 5.37. The molecule has 0 aliphatic carbocycles. The fourth-order valence-corrected chi connectivity index (χ4v) is 0.864. The molecule has 6 nitrogen and oxygen atoms in total. The van der Waals surface area contributed by atoms with Crippen molar-refractivity contribution >= 4 is 5.52 Å². The van der Waals surface area contributed by atoms with E-state index >= 15 is 0 Å². The quantitative estimate of drug-likeness (QED) is 0.492. The fourth-order valence-electron chi connectivity index (χ4n) is 0.864. The molecule has 0 aromatic carbocycles. The van der Waals surface area contributed by atoms with Crippen molar-refractivity contribution in [1.29, 1.82) is 0 Å². The highest BCUT2D eigenvalue weighted by atomic mass is 16.2. The second-order valence-electron chi connectivity index (χ2n) is 2.01. The molecule has 2 aromatic rings. The van der Waals surface area contributed by atoms with Crippen LogP contribution in [0.25, 0.3) is 5.52 Å². The van der Waals surface area contributed by atoms with E-state index in [2.05, 4.69) is 15.3 Å². The standard InChI is InChI=1S/C5H4N4O2/c10-4-3-1-2-6-9(3)5(11)8-7-4/h1-2H,(H,7,10)(H,8,11). The van der Waals surface area contributed by atoms with Crippen LogP contribution in [0.3, 0.4) is 0 Å². The maximum absolute atomic E-state index is 10.9. The predicted molar refractivity (Wildman–Crippen MR) is 36.4 cm³/mol. The van der Waals surface area contributed by atoms with Gasteiger partial charge in [0, 0.05) is 0 Å². The van der Waals surface area contributed by atoms with E-state index < -0.39 is 5.69 Å². The lowest BCUT2D eigenvalue weighted by atomic mass is 10.5. The fraction of sp³-hybridized carbons (Fsp3) is 0. The van der Waals surface area contributed by atoms with E-state index in [0.717, 1.165) is 4.52 Å². The Labute approximate surface area is 59.5 Å². The molecule has 2 heterocycles. The minimum absolute atomic E-state index is 0.244. The first-order valence-electron chi connectivity index (χ1n) is 2.94. The van der Waals surface area contributed by atoms with Gasteiger partial charge in [0.1, 0.15) is 5.52 Å². The minimum atomic E-state index is -0.454. The largest absolute Gasteiger partial charge is 0.361 e. The molecule has 0 saturated heterocycles. The summed E-state index contributed by atoms with van der Waals surface area (Å²) in [7, 11) is 0. The third-order valence-electron chi connectivity index (χ3n) is 1.35. The Bertz CT molecular complexity index is 447. The molecule has 0 saturated carbocycles. The second kappa shape index (κ2) is 1.82. The molecule has 2 rings (SSSR count). The molecule has 6 heteroatoms. The van der Waals surface area contributed by atoms with Gasteiger partial charge < -0.3 is 0 Å². The van der Waals surface area contributed by atoms with Crippen molar-refractivity contribution in [2.24, 2.45) is 0 Å². The minimum Gasteiger partial charge on any atom is -0.266 e. The number of hydrogen-bond donors (Lipinski definition) is 2. The van der Waals surface area contributed by atoms with Crippen molar-refractivity contribution < 1.29 is 0 Å². The summed E-state index contributed by atoms with van der Waals surface area (Å²) in [5.41, 5.74) is -0.569. The summed E-state index contributed by atoms with van der Waals surface area (Å²) in [5, 5.41) is 7.94. The Hall–Kier alpha value is -1.85. The summed E-state index contributed by atoms with van der Waals surface area (Å²) >= 11 is 0. The molecule has 0 aliphatic heterocycles. The van der Waals surface area contributed by atoms with Crippen LogP contribution in [0.5, 0.6) is 0 Å². The number of nitrogens with zero attached hydrogens (tertiary/aromatic N) is 2. The molecule has 0 bridgehead atoms. The molecule has 0 amide bonds. The zero-order valence-corrected chi connectivity index (χ0v) is 5.37. The maximum Gasteiger partial charge on any atom is 0.361 e. The lowest BCUT2D eigenvalue weighted by Crippen LogP contribution is -2.26. The summed E-state index contributed by atoms with van der Waals surface area (Å²) in [6.07, 6.45) is 1.39. The van der Waals surface area contributed by atoms with Gasteiger partial charge in [-0.3, -0.25) is 9.89 Å². The topological polar surface area (TPSA) is 83.0 Å². The number of rotatable bonds is 0. The monoisotopic (exact) mass is 152 g/mol. The van der Waals surface area contributed by atoms with Crippen LogP contribution in [-0.2, 0) is 0 Å². The van der Waals surface area contributed by atoms with Gasteiger partial charge in [-0.15, -0.1) is 0 Å². The van der Waals surface area contributed by atoms with Crippen molar-refractivity contribution in [3.63, 3.8) is 0 Å². The van der Waals surface area contributed by atoms with E-state index in [1.807, 2.05) is 0 Å². The van der Waals surface area contributed by atoms with Crippen molar-refractivity contribution in [1.82, 2.24) is 19.8 Å². The van der Waals surface area contributed by atoms with Gasteiger partial charge in [0.25, 0.3) is 5.56 Å². The summed E-state index contributed by atoms with van der Waals surface area (Å²) in [5.74, 6) is 0. The molecule has 0 radical (unpaired) electrons. The molecule has 56 valence electrons. The molecule has 2 N–H and O–H groups in total. The Morgan fingerprint density at radius 2 is 2.18 bits per heavy atom.